The van der Waals surface area contributed by atoms with Crippen molar-refractivity contribution in [2.45, 2.75) is 13.0 Å². The van der Waals surface area contributed by atoms with Crippen LogP contribution in [0.15, 0.2) is 11.0 Å². The van der Waals surface area contributed by atoms with Gasteiger partial charge in [0.2, 0.25) is 0 Å². The van der Waals surface area contributed by atoms with Crippen LogP contribution in [0.5, 0.6) is 0 Å². The molecule has 0 bridgehead atoms. The summed E-state index contributed by atoms with van der Waals surface area (Å²) in [5, 5.41) is 10.9. The van der Waals surface area contributed by atoms with Crippen molar-refractivity contribution in [1.29, 1.82) is 0 Å². The molecule has 0 aliphatic carbocycles. The molecule has 0 spiro atoms. The van der Waals surface area contributed by atoms with E-state index < -0.39 is 0 Å². The van der Waals surface area contributed by atoms with Crippen LogP contribution < -0.4 is 16.2 Å². The van der Waals surface area contributed by atoms with Gasteiger partial charge >= 0.3 is 0 Å². The average Bonchev–Trinajstić information content (AvgIpc) is 2.92. The van der Waals surface area contributed by atoms with Gasteiger partial charge in [0, 0.05) is 13.1 Å². The molecule has 0 aromatic carbocycles. The molecule has 1 unspecified atom stereocenters. The Hall–Kier alpha value is -1.11. The molecule has 1 aliphatic heterocycles. The molecule has 1 atom stereocenters. The number of halogens is 1. The summed E-state index contributed by atoms with van der Waals surface area (Å²) >= 11 is 6.13. The summed E-state index contributed by atoms with van der Waals surface area (Å²) in [4.78, 5) is 14.1. The lowest BCUT2D eigenvalue weighted by Gasteiger charge is -2.14. The maximum Gasteiger partial charge on any atom is 0.287 e. The number of aromatic nitrogens is 2. The molecule has 0 radical (unpaired) electrons. The Morgan fingerprint density at radius 3 is 3.05 bits per heavy atom. The Bertz CT molecular complexity index is 496. The summed E-state index contributed by atoms with van der Waals surface area (Å²) in [5.41, 5.74) is 0.396. The lowest BCUT2D eigenvalue weighted by Crippen LogP contribution is -2.29. The molecular weight excluding hydrogens is 278 g/mol. The summed E-state index contributed by atoms with van der Waals surface area (Å²) < 4.78 is 1.41. The summed E-state index contributed by atoms with van der Waals surface area (Å²) in [6.45, 7) is 4.18. The summed E-state index contributed by atoms with van der Waals surface area (Å²) in [7, 11) is 3.91. The van der Waals surface area contributed by atoms with Crippen LogP contribution in [0.2, 0.25) is 5.02 Å². The van der Waals surface area contributed by atoms with Crippen molar-refractivity contribution >= 4 is 17.3 Å². The van der Waals surface area contributed by atoms with Gasteiger partial charge < -0.3 is 15.5 Å². The monoisotopic (exact) mass is 299 g/mol. The van der Waals surface area contributed by atoms with E-state index in [0.717, 1.165) is 32.6 Å². The molecular formula is C13H22ClN5O. The minimum Gasteiger partial charge on any atom is -0.382 e. The van der Waals surface area contributed by atoms with E-state index in [9.17, 15) is 4.79 Å². The third-order valence-corrected chi connectivity index (χ3v) is 3.85. The average molecular weight is 300 g/mol. The smallest absolute Gasteiger partial charge is 0.287 e. The maximum absolute atomic E-state index is 12.1. The highest BCUT2D eigenvalue weighted by molar-refractivity contribution is 6.32. The van der Waals surface area contributed by atoms with Crippen molar-refractivity contribution in [2.75, 3.05) is 45.6 Å². The molecule has 1 aromatic heterocycles. The Balaban J connectivity index is 2.00. The molecule has 2 N–H and O–H groups in total. The van der Waals surface area contributed by atoms with Gasteiger partial charge in [-0.1, -0.05) is 11.6 Å². The van der Waals surface area contributed by atoms with E-state index in [1.165, 1.54) is 4.68 Å². The zero-order valence-corrected chi connectivity index (χ0v) is 12.8. The minimum absolute atomic E-state index is 0.227. The van der Waals surface area contributed by atoms with E-state index in [2.05, 4.69) is 15.7 Å². The van der Waals surface area contributed by atoms with Gasteiger partial charge in [-0.2, -0.15) is 5.10 Å². The molecule has 1 aliphatic rings. The molecule has 0 amide bonds. The van der Waals surface area contributed by atoms with Gasteiger partial charge in [-0.25, -0.2) is 4.68 Å². The van der Waals surface area contributed by atoms with Crippen LogP contribution >= 0.6 is 11.6 Å². The lowest BCUT2D eigenvalue weighted by molar-refractivity contribution is 0.367. The van der Waals surface area contributed by atoms with Crippen molar-refractivity contribution < 1.29 is 0 Å². The fraction of sp³-hybridized carbons (Fsp3) is 0.692. The second kappa shape index (κ2) is 7.06. The molecule has 1 saturated heterocycles. The Labute approximate surface area is 124 Å². The van der Waals surface area contributed by atoms with E-state index in [1.54, 1.807) is 6.20 Å². The van der Waals surface area contributed by atoms with E-state index in [-0.39, 0.29) is 10.6 Å². The van der Waals surface area contributed by atoms with Gasteiger partial charge in [0.25, 0.3) is 5.56 Å². The number of hydrogen-bond donors (Lipinski definition) is 2. The van der Waals surface area contributed by atoms with Crippen LogP contribution in [0.25, 0.3) is 0 Å². The van der Waals surface area contributed by atoms with Gasteiger partial charge in [0.15, 0.2) is 0 Å². The minimum atomic E-state index is -0.233. The van der Waals surface area contributed by atoms with Gasteiger partial charge in [0.1, 0.15) is 5.02 Å². The first kappa shape index (κ1) is 15.3. The fourth-order valence-electron chi connectivity index (χ4n) is 2.19. The first-order chi connectivity index (χ1) is 9.58. The molecule has 2 rings (SSSR count). The van der Waals surface area contributed by atoms with Crippen LogP contribution in [-0.2, 0) is 6.54 Å². The molecule has 1 aromatic rings. The van der Waals surface area contributed by atoms with Crippen LogP contribution in [0.4, 0.5) is 5.69 Å². The van der Waals surface area contributed by atoms with Crippen LogP contribution in [0, 0.1) is 5.92 Å². The molecule has 0 saturated carbocycles. The Kier molecular flexibility index (Phi) is 5.39. The van der Waals surface area contributed by atoms with Crippen LogP contribution in [0.3, 0.4) is 0 Å². The molecule has 2 heterocycles. The maximum atomic E-state index is 12.1. The van der Waals surface area contributed by atoms with E-state index in [0.29, 0.717) is 18.2 Å². The van der Waals surface area contributed by atoms with Crippen molar-refractivity contribution in [3.8, 4) is 0 Å². The third-order valence-electron chi connectivity index (χ3n) is 3.49. The molecule has 112 valence electrons. The molecule has 1 fully saturated rings. The van der Waals surface area contributed by atoms with E-state index in [1.807, 2.05) is 19.0 Å². The quantitative estimate of drug-likeness (QED) is 0.800. The Morgan fingerprint density at radius 1 is 1.60 bits per heavy atom. The zero-order valence-electron chi connectivity index (χ0n) is 12.0. The normalized spacial score (nSPS) is 18.7. The number of nitrogens with zero attached hydrogens (tertiary/aromatic N) is 3. The largest absolute Gasteiger partial charge is 0.382 e. The highest BCUT2D eigenvalue weighted by atomic mass is 35.5. The van der Waals surface area contributed by atoms with Crippen molar-refractivity contribution in [1.82, 2.24) is 20.0 Å². The van der Waals surface area contributed by atoms with Crippen LogP contribution in [0.1, 0.15) is 6.42 Å². The highest BCUT2D eigenvalue weighted by Gasteiger charge is 2.15. The van der Waals surface area contributed by atoms with Crippen molar-refractivity contribution in [2.24, 2.45) is 5.92 Å². The summed E-state index contributed by atoms with van der Waals surface area (Å²) in [5.74, 6) is 0.585. The number of hydrogen-bond acceptors (Lipinski definition) is 5. The highest BCUT2D eigenvalue weighted by Crippen LogP contribution is 2.17. The number of rotatable bonds is 6. The second-order valence-electron chi connectivity index (χ2n) is 5.44. The van der Waals surface area contributed by atoms with Gasteiger partial charge in [0.05, 0.1) is 18.4 Å². The topological polar surface area (TPSA) is 62.2 Å². The number of nitrogens with one attached hydrogen (secondary N) is 2. The summed E-state index contributed by atoms with van der Waals surface area (Å²) in [6, 6.07) is 0. The predicted octanol–water partition coefficient (Wildman–Crippen LogP) is 0.480. The van der Waals surface area contributed by atoms with E-state index in [4.69, 9.17) is 11.6 Å². The molecule has 20 heavy (non-hydrogen) atoms. The lowest BCUT2D eigenvalue weighted by atomic mass is 10.1. The van der Waals surface area contributed by atoms with Crippen LogP contribution in [-0.4, -0.2) is 55.0 Å². The number of likely N-dealkylation sites (N-methyl/N-ethyl adjacent to an activating group) is 1. The third kappa shape index (κ3) is 3.94. The van der Waals surface area contributed by atoms with Crippen molar-refractivity contribution in [3.63, 3.8) is 0 Å². The molecule has 7 heteroatoms. The first-order valence-electron chi connectivity index (χ1n) is 6.93. The SMILES string of the molecule is CN(C)CCn1ncc(NCC2CCNC2)c(Cl)c1=O. The van der Waals surface area contributed by atoms with Gasteiger partial charge in [-0.3, -0.25) is 4.79 Å². The zero-order chi connectivity index (χ0) is 14.5. The van der Waals surface area contributed by atoms with Crippen molar-refractivity contribution in [3.05, 3.63) is 21.6 Å². The van der Waals surface area contributed by atoms with Gasteiger partial charge in [-0.05, 0) is 39.5 Å². The first-order valence-corrected chi connectivity index (χ1v) is 7.30. The molecule has 6 nitrogen and oxygen atoms in total. The van der Waals surface area contributed by atoms with Gasteiger partial charge in [-0.15, -0.1) is 0 Å². The number of anilines is 1. The standard InChI is InChI=1S/C13H22ClN5O/c1-18(2)5-6-19-13(20)12(14)11(9-17-19)16-8-10-3-4-15-7-10/h9-10,15-16H,3-8H2,1-2H3. The second-order valence-corrected chi connectivity index (χ2v) is 5.82. The fourth-order valence-corrected chi connectivity index (χ4v) is 2.40. The summed E-state index contributed by atoms with van der Waals surface area (Å²) in [6.07, 6.45) is 2.79. The van der Waals surface area contributed by atoms with E-state index >= 15 is 0 Å². The predicted molar refractivity (Wildman–Crippen MR) is 81.5 cm³/mol. The Morgan fingerprint density at radius 2 is 2.40 bits per heavy atom.